The average Bonchev–Trinajstić information content (AvgIpc) is 3.44. The quantitative estimate of drug-likeness (QED) is 0.164. The van der Waals surface area contributed by atoms with Crippen molar-refractivity contribution in [1.82, 2.24) is 20.4 Å². The molecule has 14 nitrogen and oxygen atoms in total. The van der Waals surface area contributed by atoms with Crippen molar-refractivity contribution in [3.05, 3.63) is 58.5 Å². The van der Waals surface area contributed by atoms with Gasteiger partial charge >= 0.3 is 12.1 Å². The topological polar surface area (TPSA) is 194 Å². The van der Waals surface area contributed by atoms with E-state index in [4.69, 9.17) is 10.3 Å². The number of likely N-dealkylation sites (N-methyl/N-ethyl adjacent to an activating group) is 1. The number of nitrogens with one attached hydrogen (secondary N) is 2. The number of amides is 4. The number of fused-ring (bicyclic) bond motifs is 1. The van der Waals surface area contributed by atoms with Crippen molar-refractivity contribution >= 4 is 40.6 Å². The van der Waals surface area contributed by atoms with Gasteiger partial charge in [0.2, 0.25) is 17.7 Å². The summed E-state index contributed by atoms with van der Waals surface area (Å²) >= 11 is 0. The van der Waals surface area contributed by atoms with Crippen molar-refractivity contribution < 1.29 is 33.8 Å². The molecule has 2 aromatic rings. The zero-order valence-electron chi connectivity index (χ0n) is 27.8. The van der Waals surface area contributed by atoms with Gasteiger partial charge in [0.15, 0.2) is 0 Å². The van der Waals surface area contributed by atoms with E-state index in [1.807, 2.05) is 43.3 Å². The van der Waals surface area contributed by atoms with Gasteiger partial charge < -0.3 is 25.4 Å². The number of azide groups is 1. The number of carboxylic acids is 1. The van der Waals surface area contributed by atoms with Gasteiger partial charge in [-0.2, -0.15) is 0 Å². The molecule has 1 fully saturated rings. The third-order valence-electron chi connectivity index (χ3n) is 8.05. The minimum absolute atomic E-state index is 0.00455. The molecule has 0 radical (unpaired) electrons. The largest absolute Gasteiger partial charge is 0.480 e. The van der Waals surface area contributed by atoms with Gasteiger partial charge in [-0.15, -0.1) is 0 Å². The third-order valence-corrected chi connectivity index (χ3v) is 8.05. The summed E-state index contributed by atoms with van der Waals surface area (Å²) in [7, 11) is 1.42. The maximum absolute atomic E-state index is 14.0. The normalized spacial score (nSPS) is 18.0. The molecule has 47 heavy (non-hydrogen) atoms. The molecule has 2 aromatic carbocycles. The standard InChI is InChI=1S/C33H45N7O7/c1-7-8-13-25(35-28(41)20(2)39(6)32(46)47-33(3,4)5)30(43)40-19-24(37-38-34)18-27(40)29(42)36-26(31(44)45)17-21-14-15-22-11-9-10-12-23(22)16-21/h9-12,14-16,20,24-27H,7-8,13,17-19H2,1-6H3,(H,35,41)(H,36,42)(H,44,45)/t20-,24-,25-,26-,27-/m0/s1. The number of nitrogens with zero attached hydrogens (tertiary/aromatic N) is 5. The molecular formula is C33H45N7O7. The summed E-state index contributed by atoms with van der Waals surface area (Å²) in [6, 6.07) is 7.98. The molecule has 3 N–H and O–H groups in total. The van der Waals surface area contributed by atoms with E-state index in [0.717, 1.165) is 15.7 Å². The van der Waals surface area contributed by atoms with Crippen LogP contribution in [0, 0.1) is 0 Å². The Morgan fingerprint density at radius 2 is 1.79 bits per heavy atom. The maximum atomic E-state index is 14.0. The van der Waals surface area contributed by atoms with Crippen molar-refractivity contribution in [1.29, 1.82) is 0 Å². The fourth-order valence-corrected chi connectivity index (χ4v) is 5.36. The number of hydrogen-bond donors (Lipinski definition) is 3. The summed E-state index contributed by atoms with van der Waals surface area (Å²) < 4.78 is 5.36. The van der Waals surface area contributed by atoms with Crippen molar-refractivity contribution in [3.8, 4) is 0 Å². The highest BCUT2D eigenvalue weighted by Gasteiger charge is 2.43. The summed E-state index contributed by atoms with van der Waals surface area (Å²) in [5.74, 6) is -3.12. The average molecular weight is 652 g/mol. The van der Waals surface area contributed by atoms with Gasteiger partial charge in [0, 0.05) is 24.9 Å². The van der Waals surface area contributed by atoms with Crippen LogP contribution in [-0.2, 0) is 30.3 Å². The summed E-state index contributed by atoms with van der Waals surface area (Å²) in [6.07, 6.45) is 0.820. The molecule has 5 atom stereocenters. The maximum Gasteiger partial charge on any atom is 0.410 e. The van der Waals surface area contributed by atoms with Crippen molar-refractivity contribution in [2.24, 2.45) is 5.11 Å². The lowest BCUT2D eigenvalue weighted by Crippen LogP contribution is -2.57. The Morgan fingerprint density at radius 3 is 2.40 bits per heavy atom. The Labute approximate surface area is 274 Å². The van der Waals surface area contributed by atoms with Gasteiger partial charge in [0.05, 0.1) is 6.04 Å². The first-order valence-corrected chi connectivity index (χ1v) is 15.8. The van der Waals surface area contributed by atoms with E-state index < -0.39 is 65.6 Å². The van der Waals surface area contributed by atoms with E-state index in [2.05, 4.69) is 20.7 Å². The van der Waals surface area contributed by atoms with Crippen LogP contribution in [0.15, 0.2) is 47.6 Å². The van der Waals surface area contributed by atoms with Gasteiger partial charge in [-0.3, -0.25) is 19.3 Å². The lowest BCUT2D eigenvalue weighted by molar-refractivity contribution is -0.145. The molecule has 0 aromatic heterocycles. The predicted molar refractivity (Wildman–Crippen MR) is 175 cm³/mol. The Balaban J connectivity index is 1.80. The smallest absolute Gasteiger partial charge is 0.410 e. The fraction of sp³-hybridized carbons (Fsp3) is 0.545. The summed E-state index contributed by atoms with van der Waals surface area (Å²) in [5.41, 5.74) is 9.01. The van der Waals surface area contributed by atoms with Crippen LogP contribution in [0.1, 0.15) is 65.9 Å². The number of carbonyl (C=O) groups is 5. The monoisotopic (exact) mass is 651 g/mol. The minimum atomic E-state index is -1.29. The van der Waals surface area contributed by atoms with E-state index in [-0.39, 0.29) is 25.8 Å². The second-order valence-corrected chi connectivity index (χ2v) is 12.9. The van der Waals surface area contributed by atoms with Gasteiger partial charge in [-0.25, -0.2) is 9.59 Å². The van der Waals surface area contributed by atoms with Crippen LogP contribution in [0.5, 0.6) is 0 Å². The van der Waals surface area contributed by atoms with E-state index in [1.165, 1.54) is 18.9 Å². The van der Waals surface area contributed by atoms with Gasteiger partial charge in [0.25, 0.3) is 0 Å². The molecule has 254 valence electrons. The number of unbranched alkanes of at least 4 members (excludes halogenated alkanes) is 1. The van der Waals surface area contributed by atoms with Gasteiger partial charge in [-0.05, 0) is 62.4 Å². The van der Waals surface area contributed by atoms with Gasteiger partial charge in [0.1, 0.15) is 29.8 Å². The summed E-state index contributed by atoms with van der Waals surface area (Å²) in [6.45, 7) is 8.46. The van der Waals surface area contributed by atoms with E-state index in [0.29, 0.717) is 18.4 Å². The molecule has 0 unspecified atom stereocenters. The summed E-state index contributed by atoms with van der Waals surface area (Å²) in [5, 5.41) is 20.9. The number of carboxylic acid groups (broad SMARTS) is 1. The molecule has 1 aliphatic rings. The number of likely N-dealkylation sites (tertiary alicyclic amines) is 1. The fourth-order valence-electron chi connectivity index (χ4n) is 5.36. The summed E-state index contributed by atoms with van der Waals surface area (Å²) in [4.78, 5) is 70.9. The van der Waals surface area contributed by atoms with Crippen LogP contribution in [-0.4, -0.2) is 94.1 Å². The number of rotatable bonds is 13. The molecule has 0 spiro atoms. The van der Waals surface area contributed by atoms with Gasteiger partial charge in [-0.1, -0.05) is 67.3 Å². The second-order valence-electron chi connectivity index (χ2n) is 12.9. The molecule has 0 aliphatic carbocycles. The van der Waals surface area contributed by atoms with Crippen molar-refractivity contribution in [3.63, 3.8) is 0 Å². The minimum Gasteiger partial charge on any atom is -0.480 e. The molecule has 0 saturated carbocycles. The number of ether oxygens (including phenoxy) is 1. The van der Waals surface area contributed by atoms with E-state index in [1.54, 1.807) is 26.8 Å². The Bertz CT molecular complexity index is 1520. The van der Waals surface area contributed by atoms with Crippen molar-refractivity contribution in [2.45, 2.75) is 103 Å². The van der Waals surface area contributed by atoms with E-state index in [9.17, 15) is 29.1 Å². The molecule has 3 rings (SSSR count). The Hall–Kier alpha value is -4.84. The highest BCUT2D eigenvalue weighted by atomic mass is 16.6. The van der Waals surface area contributed by atoms with Crippen LogP contribution in [0.3, 0.4) is 0 Å². The Morgan fingerprint density at radius 1 is 1.11 bits per heavy atom. The van der Waals surface area contributed by atoms with Crippen LogP contribution in [0.2, 0.25) is 0 Å². The number of aliphatic carboxylic acids is 1. The zero-order chi connectivity index (χ0) is 34.9. The lowest BCUT2D eigenvalue weighted by Gasteiger charge is -2.31. The number of hydrogen-bond acceptors (Lipinski definition) is 7. The van der Waals surface area contributed by atoms with Crippen LogP contribution >= 0.6 is 0 Å². The number of benzene rings is 2. The first-order chi connectivity index (χ1) is 22.1. The molecule has 4 amide bonds. The predicted octanol–water partition coefficient (Wildman–Crippen LogP) is 4.16. The first kappa shape index (κ1) is 36.6. The molecular weight excluding hydrogens is 606 g/mol. The van der Waals surface area contributed by atoms with E-state index >= 15 is 0 Å². The number of carbonyl (C=O) groups excluding carboxylic acids is 4. The highest BCUT2D eigenvalue weighted by molar-refractivity contribution is 5.95. The second kappa shape index (κ2) is 16.1. The van der Waals surface area contributed by atoms with Crippen LogP contribution < -0.4 is 10.6 Å². The molecule has 1 saturated heterocycles. The van der Waals surface area contributed by atoms with Crippen LogP contribution in [0.4, 0.5) is 4.79 Å². The van der Waals surface area contributed by atoms with Crippen LogP contribution in [0.25, 0.3) is 21.2 Å². The molecule has 0 bridgehead atoms. The molecule has 1 aliphatic heterocycles. The van der Waals surface area contributed by atoms with Crippen molar-refractivity contribution in [2.75, 3.05) is 13.6 Å². The highest BCUT2D eigenvalue weighted by Crippen LogP contribution is 2.24. The SMILES string of the molecule is CCCC[C@H](NC(=O)[C@H](C)N(C)C(=O)OC(C)(C)C)C(=O)N1C[C@@H](N=[N+]=[N-])C[C@H]1C(=O)N[C@@H](Cc1ccc2ccccc2c1)C(=O)O. The zero-order valence-corrected chi connectivity index (χ0v) is 27.8. The first-order valence-electron chi connectivity index (χ1n) is 15.8. The third kappa shape index (κ3) is 10.1. The molecule has 1 heterocycles. The lowest BCUT2D eigenvalue weighted by atomic mass is 10.0. The Kier molecular flexibility index (Phi) is 12.6. The molecule has 14 heteroatoms.